The Morgan fingerprint density at radius 2 is 1.63 bits per heavy atom. The molecule has 5 aromatic rings. The van der Waals surface area contributed by atoms with Crippen LogP contribution in [0.1, 0.15) is 43.2 Å². The van der Waals surface area contributed by atoms with Gasteiger partial charge in [-0.15, -0.1) is 0 Å². The van der Waals surface area contributed by atoms with E-state index in [-0.39, 0.29) is 0 Å². The lowest BCUT2D eigenvalue weighted by atomic mass is 9.77. The molecule has 10 nitrogen and oxygen atoms in total. The number of benzene rings is 3. The highest BCUT2D eigenvalue weighted by Crippen LogP contribution is 2.47. The highest BCUT2D eigenvalue weighted by molar-refractivity contribution is 5.84. The van der Waals surface area contributed by atoms with E-state index in [9.17, 15) is 5.53 Å². The van der Waals surface area contributed by atoms with Gasteiger partial charge in [-0.1, -0.05) is 91.8 Å². The standard InChI is InChI=1S/C32H31FN8O2/c1-4-31(39-40-34)21(2)26(33)30(43-31)41-20-37-27-28(35-19-36-29(27)41)38-32(22-11-7-5-8-12-22,23-13-9-6-10-14-23)24-15-17-25(42-3)18-16-24/h5-21,26,30H,4H2,1-3H3,(H,35,36,38)/t21-,26+,30+,31+/m0/s1. The van der Waals surface area contributed by atoms with E-state index in [1.165, 1.54) is 12.7 Å². The van der Waals surface area contributed by atoms with Crippen molar-refractivity contribution in [1.82, 2.24) is 19.5 Å². The Balaban J connectivity index is 1.52. The summed E-state index contributed by atoms with van der Waals surface area (Å²) in [5.41, 5.74) is 10.7. The van der Waals surface area contributed by atoms with Gasteiger partial charge >= 0.3 is 0 Å². The van der Waals surface area contributed by atoms with E-state index >= 15 is 4.39 Å². The number of hydrogen-bond acceptors (Lipinski definition) is 7. The first kappa shape index (κ1) is 28.1. The number of methoxy groups -OCH3 is 1. The van der Waals surface area contributed by atoms with Gasteiger partial charge in [0.1, 0.15) is 17.6 Å². The Morgan fingerprint density at radius 3 is 2.21 bits per heavy atom. The molecule has 43 heavy (non-hydrogen) atoms. The number of aromatic nitrogens is 4. The van der Waals surface area contributed by atoms with Gasteiger partial charge in [0.15, 0.2) is 35.1 Å². The number of imidazole rings is 1. The lowest BCUT2D eigenvalue weighted by Gasteiger charge is -2.37. The number of ether oxygens (including phenoxy) is 2. The van der Waals surface area contributed by atoms with Crippen molar-refractivity contribution in [3.8, 4) is 5.75 Å². The lowest BCUT2D eigenvalue weighted by Crippen LogP contribution is -2.38. The van der Waals surface area contributed by atoms with Crippen LogP contribution in [0.5, 0.6) is 5.75 Å². The molecule has 0 aliphatic carbocycles. The van der Waals surface area contributed by atoms with Gasteiger partial charge in [0.25, 0.3) is 0 Å². The molecule has 2 aromatic heterocycles. The van der Waals surface area contributed by atoms with E-state index in [1.807, 2.05) is 67.6 Å². The summed E-state index contributed by atoms with van der Waals surface area (Å²) in [5.74, 6) is 0.511. The molecule has 1 saturated heterocycles. The van der Waals surface area contributed by atoms with Crippen LogP contribution in [0.15, 0.2) is 103 Å². The van der Waals surface area contributed by atoms with Crippen molar-refractivity contribution in [2.45, 2.75) is 43.9 Å². The Bertz CT molecular complexity index is 1720. The topological polar surface area (TPSA) is 123 Å². The van der Waals surface area contributed by atoms with E-state index in [2.05, 4.69) is 54.6 Å². The van der Waals surface area contributed by atoms with Crippen LogP contribution in [0.2, 0.25) is 0 Å². The molecule has 1 aliphatic heterocycles. The Labute approximate surface area is 248 Å². The minimum absolute atomic E-state index is 0.322. The normalized spacial score (nSPS) is 21.8. The molecule has 1 N–H and O–H groups in total. The SMILES string of the molecule is CC[C@@]1(N=[N+]=[N-])O[C@@H](n2cnc3c(NC(c4ccccc4)(c4ccccc4)c4ccc(OC)cc4)ncnc32)[C@H](F)[C@@H]1C. The van der Waals surface area contributed by atoms with Crippen molar-refractivity contribution in [3.63, 3.8) is 0 Å². The second kappa shape index (κ2) is 11.4. The first-order valence-corrected chi connectivity index (χ1v) is 14.1. The quantitative estimate of drug-likeness (QED) is 0.0857. The van der Waals surface area contributed by atoms with E-state index < -0.39 is 29.6 Å². The number of fused-ring (bicyclic) bond motifs is 1. The van der Waals surface area contributed by atoms with Gasteiger partial charge < -0.3 is 14.8 Å². The molecule has 4 atom stereocenters. The number of alkyl halides is 1. The van der Waals surface area contributed by atoms with E-state index in [1.54, 1.807) is 18.6 Å². The number of nitrogens with zero attached hydrogens (tertiary/aromatic N) is 7. The van der Waals surface area contributed by atoms with Crippen LogP contribution >= 0.6 is 0 Å². The fourth-order valence-electron chi connectivity index (χ4n) is 5.99. The van der Waals surface area contributed by atoms with Crippen LogP contribution < -0.4 is 10.1 Å². The summed E-state index contributed by atoms with van der Waals surface area (Å²) < 4.78 is 28.9. The smallest absolute Gasteiger partial charge is 0.169 e. The van der Waals surface area contributed by atoms with Crippen LogP contribution in [0.25, 0.3) is 21.6 Å². The average molecular weight is 579 g/mol. The zero-order valence-electron chi connectivity index (χ0n) is 24.0. The van der Waals surface area contributed by atoms with Crippen LogP contribution in [0.4, 0.5) is 10.2 Å². The summed E-state index contributed by atoms with van der Waals surface area (Å²) in [6.45, 7) is 3.50. The molecule has 0 amide bonds. The van der Waals surface area contributed by atoms with Crippen molar-refractivity contribution in [2.75, 3.05) is 12.4 Å². The fourth-order valence-corrected chi connectivity index (χ4v) is 5.99. The first-order chi connectivity index (χ1) is 21.0. The molecule has 0 radical (unpaired) electrons. The third-order valence-electron chi connectivity index (χ3n) is 8.38. The van der Waals surface area contributed by atoms with Gasteiger partial charge in [0.2, 0.25) is 0 Å². The number of nitrogens with one attached hydrogen (secondary N) is 1. The number of azide groups is 1. The van der Waals surface area contributed by atoms with Crippen LogP contribution in [0, 0.1) is 5.92 Å². The summed E-state index contributed by atoms with van der Waals surface area (Å²) in [6.07, 6.45) is 0.700. The summed E-state index contributed by atoms with van der Waals surface area (Å²) in [6, 6.07) is 28.0. The molecule has 3 aromatic carbocycles. The molecule has 218 valence electrons. The van der Waals surface area contributed by atoms with Gasteiger partial charge in [-0.2, -0.15) is 0 Å². The lowest BCUT2D eigenvalue weighted by molar-refractivity contribution is -0.0846. The number of halogens is 1. The molecule has 0 unspecified atom stereocenters. The molecule has 0 saturated carbocycles. The predicted molar refractivity (Wildman–Crippen MR) is 161 cm³/mol. The molecule has 1 fully saturated rings. The van der Waals surface area contributed by atoms with Crippen LogP contribution in [-0.4, -0.2) is 38.5 Å². The van der Waals surface area contributed by atoms with Crippen LogP contribution in [-0.2, 0) is 10.3 Å². The second-order valence-electron chi connectivity index (χ2n) is 10.5. The zero-order valence-corrected chi connectivity index (χ0v) is 24.0. The van der Waals surface area contributed by atoms with Crippen molar-refractivity contribution >= 4 is 17.0 Å². The highest BCUT2D eigenvalue weighted by Gasteiger charge is 2.53. The minimum atomic E-state index is -1.46. The third kappa shape index (κ3) is 4.63. The summed E-state index contributed by atoms with van der Waals surface area (Å²) in [5, 5.41) is 7.58. The van der Waals surface area contributed by atoms with Gasteiger partial charge in [-0.3, -0.25) is 4.57 Å². The monoisotopic (exact) mass is 578 g/mol. The third-order valence-corrected chi connectivity index (χ3v) is 8.38. The zero-order chi connectivity index (χ0) is 30.0. The largest absolute Gasteiger partial charge is 0.497 e. The van der Waals surface area contributed by atoms with Gasteiger partial charge in [0, 0.05) is 10.8 Å². The number of anilines is 1. The number of rotatable bonds is 9. The molecular formula is C32H31FN8O2. The molecule has 11 heteroatoms. The second-order valence-corrected chi connectivity index (χ2v) is 10.5. The Morgan fingerprint density at radius 1 is 1.00 bits per heavy atom. The average Bonchev–Trinajstić information content (AvgIpc) is 3.60. The van der Waals surface area contributed by atoms with Gasteiger partial charge in [0.05, 0.1) is 13.4 Å². The first-order valence-electron chi connectivity index (χ1n) is 14.1. The maximum atomic E-state index is 15.7. The van der Waals surface area contributed by atoms with Gasteiger partial charge in [-0.25, -0.2) is 19.3 Å². The highest BCUT2D eigenvalue weighted by atomic mass is 19.1. The van der Waals surface area contributed by atoms with E-state index in [0.717, 1.165) is 22.4 Å². The molecular weight excluding hydrogens is 547 g/mol. The molecule has 6 rings (SSSR count). The molecule has 1 aliphatic rings. The van der Waals surface area contributed by atoms with Crippen molar-refractivity contribution < 1.29 is 13.9 Å². The van der Waals surface area contributed by atoms with Crippen LogP contribution in [0.3, 0.4) is 0 Å². The minimum Gasteiger partial charge on any atom is -0.497 e. The maximum absolute atomic E-state index is 15.7. The van der Waals surface area contributed by atoms with Gasteiger partial charge in [-0.05, 0) is 40.8 Å². The van der Waals surface area contributed by atoms with E-state index in [0.29, 0.717) is 23.4 Å². The molecule has 0 spiro atoms. The van der Waals surface area contributed by atoms with Crippen molar-refractivity contribution in [1.29, 1.82) is 0 Å². The summed E-state index contributed by atoms with van der Waals surface area (Å²) in [7, 11) is 1.64. The fraction of sp³-hybridized carbons (Fsp3) is 0.281. The summed E-state index contributed by atoms with van der Waals surface area (Å²) >= 11 is 0. The predicted octanol–water partition coefficient (Wildman–Crippen LogP) is 7.16. The van der Waals surface area contributed by atoms with E-state index in [4.69, 9.17) is 9.47 Å². The Hall–Kier alpha value is -4.99. The Kier molecular flexibility index (Phi) is 7.43. The maximum Gasteiger partial charge on any atom is 0.169 e. The molecule has 3 heterocycles. The van der Waals surface area contributed by atoms with Crippen molar-refractivity contribution in [3.05, 3.63) is 125 Å². The molecule has 0 bridgehead atoms. The van der Waals surface area contributed by atoms with Crippen molar-refractivity contribution in [2.24, 2.45) is 11.0 Å². The number of hydrogen-bond donors (Lipinski definition) is 1. The summed E-state index contributed by atoms with van der Waals surface area (Å²) in [4.78, 5) is 16.7.